The van der Waals surface area contributed by atoms with Gasteiger partial charge in [0, 0.05) is 16.8 Å². The molecule has 9 aromatic carbocycles. The van der Waals surface area contributed by atoms with Gasteiger partial charge in [-0.25, -0.2) is 0 Å². The van der Waals surface area contributed by atoms with Crippen LogP contribution in [0, 0.1) is 0 Å². The van der Waals surface area contributed by atoms with E-state index in [1.165, 1.54) is 82.5 Å². The summed E-state index contributed by atoms with van der Waals surface area (Å²) < 4.78 is 0. The van der Waals surface area contributed by atoms with Gasteiger partial charge in [0.15, 0.2) is 0 Å². The van der Waals surface area contributed by atoms with E-state index in [-0.39, 0.29) is 0 Å². The maximum Gasteiger partial charge on any atom is 0.0726 e. The number of benzene rings is 9. The molecule has 0 aliphatic heterocycles. The van der Waals surface area contributed by atoms with Gasteiger partial charge in [-0.3, -0.25) is 0 Å². The molecule has 0 aromatic heterocycles. The van der Waals surface area contributed by atoms with Crippen LogP contribution in [-0.2, 0) is 5.41 Å². The van der Waals surface area contributed by atoms with Crippen molar-refractivity contribution in [2.45, 2.75) is 5.41 Å². The SMILES string of the molecule is c1ccc(N(c2ccc3c(c2)C2(c4ccccc4-c4ccccc42)c2ccccc2-3)c2cccc3c4ccccc4c4ccccc4c23)cc1. The second-order valence-electron chi connectivity index (χ2n) is 13.6. The van der Waals surface area contributed by atoms with E-state index >= 15 is 0 Å². The topological polar surface area (TPSA) is 3.24 Å². The maximum atomic E-state index is 2.49. The number of fused-ring (bicyclic) bond motifs is 16. The molecule has 1 heteroatoms. The van der Waals surface area contributed by atoms with Crippen molar-refractivity contribution in [3.63, 3.8) is 0 Å². The smallest absolute Gasteiger partial charge is 0.0726 e. The van der Waals surface area contributed by atoms with Crippen molar-refractivity contribution < 1.29 is 0 Å². The van der Waals surface area contributed by atoms with Crippen LogP contribution in [0.2, 0.25) is 0 Å². The zero-order valence-electron chi connectivity index (χ0n) is 27.3. The molecule has 232 valence electrons. The number of hydrogen-bond acceptors (Lipinski definition) is 1. The Bertz CT molecular complexity index is 2720. The Labute approximate surface area is 291 Å². The molecule has 50 heavy (non-hydrogen) atoms. The molecule has 0 bridgehead atoms. The Kier molecular flexibility index (Phi) is 5.66. The average Bonchev–Trinajstić information content (AvgIpc) is 3.66. The summed E-state index contributed by atoms with van der Waals surface area (Å²) in [5.74, 6) is 0. The molecule has 0 unspecified atom stereocenters. The van der Waals surface area contributed by atoms with Crippen LogP contribution in [0.5, 0.6) is 0 Å². The molecule has 11 rings (SSSR count). The lowest BCUT2D eigenvalue weighted by atomic mass is 9.70. The normalized spacial score (nSPS) is 13.4. The lowest BCUT2D eigenvalue weighted by Crippen LogP contribution is -2.26. The van der Waals surface area contributed by atoms with Crippen molar-refractivity contribution in [3.8, 4) is 22.3 Å². The van der Waals surface area contributed by atoms with Crippen LogP contribution >= 0.6 is 0 Å². The summed E-state index contributed by atoms with van der Waals surface area (Å²) >= 11 is 0. The third-order valence-corrected chi connectivity index (χ3v) is 11.2. The van der Waals surface area contributed by atoms with Crippen molar-refractivity contribution in [1.29, 1.82) is 0 Å². The number of para-hydroxylation sites is 1. The van der Waals surface area contributed by atoms with E-state index < -0.39 is 5.41 Å². The molecule has 0 fully saturated rings. The minimum absolute atomic E-state index is 0.404. The molecule has 0 saturated heterocycles. The van der Waals surface area contributed by atoms with E-state index in [1.54, 1.807) is 0 Å². The number of anilines is 3. The van der Waals surface area contributed by atoms with Gasteiger partial charge >= 0.3 is 0 Å². The van der Waals surface area contributed by atoms with Crippen LogP contribution in [0.15, 0.2) is 188 Å². The molecular weight excluding hydrogens is 603 g/mol. The fourth-order valence-electron chi connectivity index (χ4n) is 9.35. The summed E-state index contributed by atoms with van der Waals surface area (Å²) in [5, 5.41) is 7.63. The largest absolute Gasteiger partial charge is 0.310 e. The highest BCUT2D eigenvalue weighted by Crippen LogP contribution is 2.63. The molecule has 2 aliphatic rings. The number of nitrogens with zero attached hydrogens (tertiary/aromatic N) is 1. The van der Waals surface area contributed by atoms with E-state index in [0.717, 1.165) is 11.4 Å². The zero-order chi connectivity index (χ0) is 32.8. The summed E-state index contributed by atoms with van der Waals surface area (Å²) in [6.45, 7) is 0. The standard InChI is InChI=1S/C49H31N/c1-2-15-32(16-3-1)50(47-28-14-24-42-36-18-5-4-17-34(36)35-19-6-7-23-41(35)48(42)47)33-29-30-40-39-22-10-13-27-45(39)49(46(40)31-33)43-25-11-8-20-37(43)38-21-9-12-26-44(38)49/h1-31H. The average molecular weight is 634 g/mol. The van der Waals surface area contributed by atoms with E-state index in [2.05, 4.69) is 193 Å². The van der Waals surface area contributed by atoms with Gasteiger partial charge in [0.05, 0.1) is 11.1 Å². The second kappa shape index (κ2) is 10.3. The van der Waals surface area contributed by atoms with Gasteiger partial charge in [-0.05, 0) is 102 Å². The molecule has 0 saturated carbocycles. The van der Waals surface area contributed by atoms with Crippen LogP contribution in [-0.4, -0.2) is 0 Å². The van der Waals surface area contributed by atoms with Crippen molar-refractivity contribution in [2.75, 3.05) is 4.90 Å². The molecule has 9 aromatic rings. The van der Waals surface area contributed by atoms with Gasteiger partial charge in [0.1, 0.15) is 0 Å². The van der Waals surface area contributed by atoms with Crippen molar-refractivity contribution in [3.05, 3.63) is 210 Å². The Morgan fingerprint density at radius 3 is 1.32 bits per heavy atom. The Hall–Kier alpha value is -6.44. The van der Waals surface area contributed by atoms with E-state index in [4.69, 9.17) is 0 Å². The monoisotopic (exact) mass is 633 g/mol. The van der Waals surface area contributed by atoms with Crippen LogP contribution in [0.1, 0.15) is 22.3 Å². The summed E-state index contributed by atoms with van der Waals surface area (Å²) in [7, 11) is 0. The van der Waals surface area contributed by atoms with Gasteiger partial charge in [-0.1, -0.05) is 158 Å². The lowest BCUT2D eigenvalue weighted by Gasteiger charge is -2.32. The molecule has 2 aliphatic carbocycles. The van der Waals surface area contributed by atoms with Crippen LogP contribution in [0.25, 0.3) is 54.6 Å². The van der Waals surface area contributed by atoms with Gasteiger partial charge in [-0.15, -0.1) is 0 Å². The predicted octanol–water partition coefficient (Wildman–Crippen LogP) is 13.0. The highest BCUT2D eigenvalue weighted by Gasteiger charge is 2.51. The van der Waals surface area contributed by atoms with Crippen molar-refractivity contribution in [2.24, 2.45) is 0 Å². The molecule has 0 N–H and O–H groups in total. The van der Waals surface area contributed by atoms with Gasteiger partial charge in [0.25, 0.3) is 0 Å². The third kappa shape index (κ3) is 3.51. The Morgan fingerprint density at radius 2 is 0.740 bits per heavy atom. The highest BCUT2D eigenvalue weighted by molar-refractivity contribution is 6.28. The van der Waals surface area contributed by atoms with E-state index in [9.17, 15) is 0 Å². The fourth-order valence-corrected chi connectivity index (χ4v) is 9.35. The molecule has 0 heterocycles. The first-order valence-electron chi connectivity index (χ1n) is 17.5. The quantitative estimate of drug-likeness (QED) is 0.175. The number of hydrogen-bond donors (Lipinski definition) is 0. The molecule has 0 amide bonds. The molecule has 1 nitrogen and oxygen atoms in total. The van der Waals surface area contributed by atoms with E-state index in [0.29, 0.717) is 0 Å². The number of rotatable bonds is 3. The Morgan fingerprint density at radius 1 is 0.300 bits per heavy atom. The lowest BCUT2D eigenvalue weighted by molar-refractivity contribution is 0.793. The van der Waals surface area contributed by atoms with E-state index in [1.807, 2.05) is 0 Å². The molecule has 0 atom stereocenters. The van der Waals surface area contributed by atoms with Gasteiger partial charge in [-0.2, -0.15) is 0 Å². The van der Waals surface area contributed by atoms with Crippen molar-refractivity contribution in [1.82, 2.24) is 0 Å². The minimum atomic E-state index is -0.404. The first-order valence-corrected chi connectivity index (χ1v) is 17.5. The maximum absolute atomic E-state index is 2.49. The van der Waals surface area contributed by atoms with Gasteiger partial charge < -0.3 is 4.90 Å². The summed E-state index contributed by atoms with van der Waals surface area (Å²) in [6.07, 6.45) is 0. The zero-order valence-corrected chi connectivity index (χ0v) is 27.3. The molecule has 1 spiro atoms. The minimum Gasteiger partial charge on any atom is -0.310 e. The Balaban J connectivity index is 1.25. The van der Waals surface area contributed by atoms with Gasteiger partial charge in [0.2, 0.25) is 0 Å². The molecule has 0 radical (unpaired) electrons. The summed E-state index contributed by atoms with van der Waals surface area (Å²) in [4.78, 5) is 2.48. The molecular formula is C49H31N. The second-order valence-corrected chi connectivity index (χ2v) is 13.6. The first kappa shape index (κ1) is 27.5. The summed E-state index contributed by atoms with van der Waals surface area (Å²) in [6, 6.07) is 69.7. The van der Waals surface area contributed by atoms with Crippen molar-refractivity contribution >= 4 is 49.4 Å². The third-order valence-electron chi connectivity index (χ3n) is 11.2. The highest BCUT2D eigenvalue weighted by atomic mass is 15.1. The summed E-state index contributed by atoms with van der Waals surface area (Å²) in [5.41, 5.74) is 13.7. The van der Waals surface area contributed by atoms with Crippen LogP contribution < -0.4 is 4.90 Å². The van der Waals surface area contributed by atoms with Crippen LogP contribution in [0.4, 0.5) is 17.1 Å². The fraction of sp³-hybridized carbons (Fsp3) is 0.0204. The predicted molar refractivity (Wildman–Crippen MR) is 210 cm³/mol. The first-order chi connectivity index (χ1) is 24.8. The van der Waals surface area contributed by atoms with Crippen LogP contribution in [0.3, 0.4) is 0 Å².